The van der Waals surface area contributed by atoms with Gasteiger partial charge in [0.1, 0.15) is 0 Å². The molecule has 216 valence electrons. The minimum atomic E-state index is -0.0411. The first-order chi connectivity index (χ1) is 19.3. The van der Waals surface area contributed by atoms with E-state index in [1.165, 1.54) is 11.1 Å². The van der Waals surface area contributed by atoms with Crippen molar-refractivity contribution >= 4 is 24.0 Å². The van der Waals surface area contributed by atoms with Crippen LogP contribution in [0.15, 0.2) is 60.7 Å². The Morgan fingerprint density at radius 3 is 1.32 bits per heavy atom. The fraction of sp³-hybridized carbons (Fsp3) is 0.471. The molecule has 40 heavy (non-hydrogen) atoms. The van der Waals surface area contributed by atoms with E-state index in [0.29, 0.717) is 24.9 Å². The van der Waals surface area contributed by atoms with Crippen LogP contribution in [0.4, 0.5) is 0 Å². The van der Waals surface area contributed by atoms with Crippen LogP contribution in [0.5, 0.6) is 0 Å². The zero-order chi connectivity index (χ0) is 28.7. The summed E-state index contributed by atoms with van der Waals surface area (Å²) in [6.45, 7) is 16.3. The fourth-order valence-electron chi connectivity index (χ4n) is 4.71. The summed E-state index contributed by atoms with van der Waals surface area (Å²) in [5.74, 6) is 0.938. The number of carbonyl (C=O) groups is 2. The van der Waals surface area contributed by atoms with Gasteiger partial charge < -0.3 is 20.4 Å². The summed E-state index contributed by atoms with van der Waals surface area (Å²) in [5.41, 5.74) is 4.69. The number of benzene rings is 2. The first-order valence-corrected chi connectivity index (χ1v) is 14.9. The summed E-state index contributed by atoms with van der Waals surface area (Å²) in [7, 11) is 0. The molecule has 1 heterocycles. The van der Waals surface area contributed by atoms with Gasteiger partial charge in [-0.25, -0.2) is 0 Å². The van der Waals surface area contributed by atoms with Crippen LogP contribution in [-0.2, 0) is 9.59 Å². The standard InChI is InChI=1S/C34H48N4O2/c1-27(2)31-13-7-29(8-14-31)11-17-33(39)35-19-5-21-37-23-25-38(26-24-37)22-6-20-36-34(40)18-12-30-9-15-32(16-10-30)28(3)4/h7-18,27-28H,5-6,19-26H2,1-4H3,(H,35,39)(H,36,40)/b17-11+,18-12+. The normalized spacial score (nSPS) is 14.9. The maximum atomic E-state index is 12.1. The molecule has 0 radical (unpaired) electrons. The van der Waals surface area contributed by atoms with Crippen molar-refractivity contribution in [3.05, 3.63) is 82.9 Å². The highest BCUT2D eigenvalue weighted by molar-refractivity contribution is 5.92. The zero-order valence-electron chi connectivity index (χ0n) is 24.9. The highest BCUT2D eigenvalue weighted by Crippen LogP contribution is 2.16. The van der Waals surface area contributed by atoms with Crippen molar-refractivity contribution in [1.29, 1.82) is 0 Å². The van der Waals surface area contributed by atoms with Crippen molar-refractivity contribution < 1.29 is 9.59 Å². The van der Waals surface area contributed by atoms with E-state index < -0.39 is 0 Å². The van der Waals surface area contributed by atoms with Crippen molar-refractivity contribution in [3.63, 3.8) is 0 Å². The van der Waals surface area contributed by atoms with Crippen LogP contribution in [0.2, 0.25) is 0 Å². The second kappa shape index (κ2) is 16.8. The smallest absolute Gasteiger partial charge is 0.243 e. The first kappa shape index (κ1) is 31.3. The predicted octanol–water partition coefficient (Wildman–Crippen LogP) is 5.29. The molecule has 0 aliphatic carbocycles. The van der Waals surface area contributed by atoms with Crippen molar-refractivity contribution in [2.75, 3.05) is 52.4 Å². The number of piperazine rings is 1. The third kappa shape index (κ3) is 11.5. The van der Waals surface area contributed by atoms with Gasteiger partial charge in [0.15, 0.2) is 0 Å². The summed E-state index contributed by atoms with van der Waals surface area (Å²) >= 11 is 0. The summed E-state index contributed by atoms with van der Waals surface area (Å²) < 4.78 is 0. The van der Waals surface area contributed by atoms with Crippen molar-refractivity contribution in [3.8, 4) is 0 Å². The van der Waals surface area contributed by atoms with Gasteiger partial charge in [-0.15, -0.1) is 0 Å². The largest absolute Gasteiger partial charge is 0.353 e. The van der Waals surface area contributed by atoms with Crippen LogP contribution in [0.1, 0.15) is 74.6 Å². The van der Waals surface area contributed by atoms with Gasteiger partial charge in [-0.2, -0.15) is 0 Å². The van der Waals surface area contributed by atoms with E-state index in [4.69, 9.17) is 0 Å². The molecule has 6 heteroatoms. The van der Waals surface area contributed by atoms with E-state index in [2.05, 4.69) is 96.7 Å². The van der Waals surface area contributed by atoms with Crippen molar-refractivity contribution in [1.82, 2.24) is 20.4 Å². The molecule has 0 bridgehead atoms. The van der Waals surface area contributed by atoms with E-state index in [9.17, 15) is 9.59 Å². The Morgan fingerprint density at radius 2 is 1.00 bits per heavy atom. The quantitative estimate of drug-likeness (QED) is 0.251. The molecule has 3 rings (SSSR count). The summed E-state index contributed by atoms with van der Waals surface area (Å²) in [6, 6.07) is 16.7. The average Bonchev–Trinajstić information content (AvgIpc) is 2.96. The van der Waals surface area contributed by atoms with Gasteiger partial charge in [-0.3, -0.25) is 9.59 Å². The van der Waals surface area contributed by atoms with Gasteiger partial charge in [-0.1, -0.05) is 76.2 Å². The molecule has 1 saturated heterocycles. The summed E-state index contributed by atoms with van der Waals surface area (Å²) in [5, 5.41) is 5.99. The molecule has 1 aliphatic heterocycles. The van der Waals surface area contributed by atoms with Crippen LogP contribution in [0.3, 0.4) is 0 Å². The SMILES string of the molecule is CC(C)c1ccc(/C=C/C(=O)NCCCN2CCN(CCCNC(=O)/C=C/c3ccc(C(C)C)cc3)CC2)cc1. The molecule has 2 aromatic rings. The molecule has 1 fully saturated rings. The number of nitrogens with zero attached hydrogens (tertiary/aromatic N) is 2. The molecular weight excluding hydrogens is 496 g/mol. The lowest BCUT2D eigenvalue weighted by atomic mass is 10.0. The second-order valence-electron chi connectivity index (χ2n) is 11.3. The highest BCUT2D eigenvalue weighted by Gasteiger charge is 2.16. The molecule has 0 saturated carbocycles. The molecule has 0 aromatic heterocycles. The molecule has 2 amide bonds. The Hall–Kier alpha value is -3.22. The minimum absolute atomic E-state index is 0.0411. The first-order valence-electron chi connectivity index (χ1n) is 14.9. The fourth-order valence-corrected chi connectivity index (χ4v) is 4.71. The van der Waals surface area contributed by atoms with Crippen LogP contribution >= 0.6 is 0 Å². The Morgan fingerprint density at radius 1 is 0.650 bits per heavy atom. The van der Waals surface area contributed by atoms with Gasteiger partial charge in [0.25, 0.3) is 0 Å². The van der Waals surface area contributed by atoms with E-state index in [-0.39, 0.29) is 11.8 Å². The maximum Gasteiger partial charge on any atom is 0.243 e. The summed E-state index contributed by atoms with van der Waals surface area (Å²) in [4.78, 5) is 29.2. The Labute approximate surface area is 241 Å². The van der Waals surface area contributed by atoms with Crippen LogP contribution in [0.25, 0.3) is 12.2 Å². The van der Waals surface area contributed by atoms with Gasteiger partial charge >= 0.3 is 0 Å². The van der Waals surface area contributed by atoms with Crippen LogP contribution in [0, 0.1) is 0 Å². The Balaban J connectivity index is 1.20. The Bertz CT molecular complexity index is 1010. The van der Waals surface area contributed by atoms with Gasteiger partial charge in [0.2, 0.25) is 11.8 Å². The number of rotatable bonds is 14. The number of hydrogen-bond donors (Lipinski definition) is 2. The third-order valence-corrected chi connectivity index (χ3v) is 7.43. The molecule has 6 nitrogen and oxygen atoms in total. The van der Waals surface area contributed by atoms with Gasteiger partial charge in [-0.05, 0) is 72.2 Å². The molecule has 1 aliphatic rings. The molecule has 0 atom stereocenters. The maximum absolute atomic E-state index is 12.1. The van der Waals surface area contributed by atoms with Crippen molar-refractivity contribution in [2.24, 2.45) is 0 Å². The molecule has 2 aromatic carbocycles. The lowest BCUT2D eigenvalue weighted by Crippen LogP contribution is -2.47. The highest BCUT2D eigenvalue weighted by atomic mass is 16.2. The van der Waals surface area contributed by atoms with Crippen LogP contribution < -0.4 is 10.6 Å². The summed E-state index contributed by atoms with van der Waals surface area (Å²) in [6.07, 6.45) is 8.87. The predicted molar refractivity (Wildman–Crippen MR) is 167 cm³/mol. The van der Waals surface area contributed by atoms with Crippen molar-refractivity contribution in [2.45, 2.75) is 52.4 Å². The van der Waals surface area contributed by atoms with E-state index in [1.807, 2.05) is 12.2 Å². The van der Waals surface area contributed by atoms with E-state index in [1.54, 1.807) is 12.2 Å². The second-order valence-corrected chi connectivity index (χ2v) is 11.3. The minimum Gasteiger partial charge on any atom is -0.353 e. The third-order valence-electron chi connectivity index (χ3n) is 7.43. The lowest BCUT2D eigenvalue weighted by Gasteiger charge is -2.34. The van der Waals surface area contributed by atoms with E-state index in [0.717, 1.165) is 63.2 Å². The topological polar surface area (TPSA) is 64.7 Å². The van der Waals surface area contributed by atoms with Gasteiger partial charge in [0.05, 0.1) is 0 Å². The zero-order valence-corrected chi connectivity index (χ0v) is 24.9. The molecule has 2 N–H and O–H groups in total. The number of carbonyl (C=O) groups excluding carboxylic acids is 2. The monoisotopic (exact) mass is 544 g/mol. The number of amides is 2. The molecule has 0 spiro atoms. The average molecular weight is 545 g/mol. The Kier molecular flexibility index (Phi) is 13.1. The van der Waals surface area contributed by atoms with Gasteiger partial charge in [0, 0.05) is 51.4 Å². The number of hydrogen-bond acceptors (Lipinski definition) is 4. The molecule has 0 unspecified atom stereocenters. The molecular formula is C34H48N4O2. The van der Waals surface area contributed by atoms with E-state index >= 15 is 0 Å². The lowest BCUT2D eigenvalue weighted by molar-refractivity contribution is -0.117. The number of nitrogens with one attached hydrogen (secondary N) is 2. The van der Waals surface area contributed by atoms with Crippen LogP contribution in [-0.4, -0.2) is 74.0 Å².